The molecule has 22 heavy (non-hydrogen) atoms. The van der Waals surface area contributed by atoms with E-state index in [1.54, 1.807) is 6.92 Å². The standard InChI is InChI=1S/C18H23NO3/c1-3-4-6-9-14(2)17(20)19-16(13-22-18(19)21)12-15-10-7-5-8-11-15/h5,7-11,16H,3-4,6,12-13H2,1-2H3/t16-/m1/s1. The first-order valence-electron chi connectivity index (χ1n) is 7.84. The minimum atomic E-state index is -0.533. The lowest BCUT2D eigenvalue weighted by Crippen LogP contribution is -2.40. The Morgan fingerprint density at radius 2 is 2.09 bits per heavy atom. The Kier molecular flexibility index (Phi) is 5.75. The molecule has 4 heteroatoms. The summed E-state index contributed by atoms with van der Waals surface area (Å²) < 4.78 is 5.09. The summed E-state index contributed by atoms with van der Waals surface area (Å²) in [4.78, 5) is 25.7. The van der Waals surface area contributed by atoms with Gasteiger partial charge in [0.2, 0.25) is 0 Å². The third-order valence-corrected chi connectivity index (χ3v) is 3.84. The van der Waals surface area contributed by atoms with E-state index >= 15 is 0 Å². The van der Waals surface area contributed by atoms with Crippen molar-refractivity contribution in [3.8, 4) is 0 Å². The van der Waals surface area contributed by atoms with Crippen molar-refractivity contribution in [1.82, 2.24) is 4.90 Å². The zero-order valence-corrected chi connectivity index (χ0v) is 13.2. The van der Waals surface area contributed by atoms with Gasteiger partial charge in [0.1, 0.15) is 6.61 Å². The van der Waals surface area contributed by atoms with Crippen molar-refractivity contribution in [3.05, 3.63) is 47.5 Å². The van der Waals surface area contributed by atoms with Gasteiger partial charge in [0.15, 0.2) is 0 Å². The maximum atomic E-state index is 12.5. The topological polar surface area (TPSA) is 46.6 Å². The van der Waals surface area contributed by atoms with E-state index in [0.29, 0.717) is 12.0 Å². The van der Waals surface area contributed by atoms with Crippen molar-refractivity contribution in [2.45, 2.75) is 45.6 Å². The van der Waals surface area contributed by atoms with Crippen LogP contribution in [0.1, 0.15) is 38.7 Å². The molecule has 2 amide bonds. The third-order valence-electron chi connectivity index (χ3n) is 3.84. The van der Waals surface area contributed by atoms with Crippen LogP contribution in [-0.4, -0.2) is 29.5 Å². The predicted octanol–water partition coefficient (Wildman–Crippen LogP) is 3.71. The van der Waals surface area contributed by atoms with Gasteiger partial charge in [0.05, 0.1) is 6.04 Å². The third kappa shape index (κ3) is 3.97. The molecule has 0 N–H and O–H groups in total. The molecule has 1 aliphatic heterocycles. The van der Waals surface area contributed by atoms with Crippen molar-refractivity contribution in [2.75, 3.05) is 6.61 Å². The number of hydrogen-bond donors (Lipinski definition) is 0. The van der Waals surface area contributed by atoms with Crippen LogP contribution in [0.4, 0.5) is 4.79 Å². The van der Waals surface area contributed by atoms with Crippen LogP contribution in [0.2, 0.25) is 0 Å². The Balaban J connectivity index is 2.07. The molecule has 0 aromatic heterocycles. The number of ether oxygens (including phenoxy) is 1. The first-order valence-corrected chi connectivity index (χ1v) is 7.84. The Hall–Kier alpha value is -2.10. The van der Waals surface area contributed by atoms with E-state index in [-0.39, 0.29) is 18.6 Å². The molecule has 0 spiro atoms. The number of nitrogens with zero attached hydrogens (tertiary/aromatic N) is 1. The van der Waals surface area contributed by atoms with Gasteiger partial charge in [0, 0.05) is 5.57 Å². The van der Waals surface area contributed by atoms with Gasteiger partial charge in [-0.15, -0.1) is 0 Å². The average molecular weight is 301 g/mol. The van der Waals surface area contributed by atoms with Gasteiger partial charge in [-0.1, -0.05) is 56.2 Å². The van der Waals surface area contributed by atoms with Crippen LogP contribution in [0.25, 0.3) is 0 Å². The fraction of sp³-hybridized carbons (Fsp3) is 0.444. The van der Waals surface area contributed by atoms with Gasteiger partial charge in [-0.2, -0.15) is 0 Å². The number of rotatable bonds is 6. The second kappa shape index (κ2) is 7.78. The summed E-state index contributed by atoms with van der Waals surface area (Å²) in [5.74, 6) is -0.237. The largest absolute Gasteiger partial charge is 0.447 e. The molecule has 0 bridgehead atoms. The van der Waals surface area contributed by atoms with E-state index in [2.05, 4.69) is 6.92 Å². The molecule has 2 rings (SSSR count). The molecule has 0 aliphatic carbocycles. The van der Waals surface area contributed by atoms with Gasteiger partial charge in [-0.25, -0.2) is 9.69 Å². The fourth-order valence-corrected chi connectivity index (χ4v) is 2.55. The Morgan fingerprint density at radius 1 is 1.36 bits per heavy atom. The highest BCUT2D eigenvalue weighted by Crippen LogP contribution is 2.20. The smallest absolute Gasteiger partial charge is 0.417 e. The summed E-state index contributed by atoms with van der Waals surface area (Å²) in [6.45, 7) is 4.14. The maximum Gasteiger partial charge on any atom is 0.417 e. The Morgan fingerprint density at radius 3 is 2.77 bits per heavy atom. The maximum absolute atomic E-state index is 12.5. The van der Waals surface area contributed by atoms with Crippen LogP contribution in [-0.2, 0) is 16.0 Å². The molecule has 1 saturated heterocycles. The number of carbonyl (C=O) groups is 2. The van der Waals surface area contributed by atoms with E-state index in [4.69, 9.17) is 4.74 Å². The normalized spacial score (nSPS) is 18.5. The number of cyclic esters (lactones) is 1. The molecule has 0 saturated carbocycles. The van der Waals surface area contributed by atoms with Gasteiger partial charge in [0.25, 0.3) is 5.91 Å². The first kappa shape index (κ1) is 16.3. The molecule has 118 valence electrons. The minimum absolute atomic E-state index is 0.225. The molecule has 1 heterocycles. The summed E-state index contributed by atoms with van der Waals surface area (Å²) in [5.41, 5.74) is 1.71. The summed E-state index contributed by atoms with van der Waals surface area (Å²) in [5, 5.41) is 0. The lowest BCUT2D eigenvalue weighted by Gasteiger charge is -2.20. The van der Waals surface area contributed by atoms with Crippen LogP contribution < -0.4 is 0 Å². The van der Waals surface area contributed by atoms with Crippen molar-refractivity contribution in [3.63, 3.8) is 0 Å². The quantitative estimate of drug-likeness (QED) is 0.594. The lowest BCUT2D eigenvalue weighted by molar-refractivity contribution is -0.125. The highest BCUT2D eigenvalue weighted by Gasteiger charge is 2.38. The first-order chi connectivity index (χ1) is 10.6. The Bertz CT molecular complexity index is 551. The van der Waals surface area contributed by atoms with Crippen LogP contribution in [0.5, 0.6) is 0 Å². The van der Waals surface area contributed by atoms with E-state index in [1.807, 2.05) is 36.4 Å². The van der Waals surface area contributed by atoms with E-state index in [9.17, 15) is 9.59 Å². The molecule has 1 aromatic rings. The molecular weight excluding hydrogens is 278 g/mol. The molecule has 1 atom stereocenters. The molecule has 1 aromatic carbocycles. The molecular formula is C18H23NO3. The summed E-state index contributed by atoms with van der Waals surface area (Å²) in [6.07, 6.45) is 5.00. The van der Waals surface area contributed by atoms with E-state index < -0.39 is 6.09 Å². The number of hydrogen-bond acceptors (Lipinski definition) is 3. The summed E-state index contributed by atoms with van der Waals surface area (Å²) in [7, 11) is 0. The average Bonchev–Trinajstić information content (AvgIpc) is 2.88. The summed E-state index contributed by atoms with van der Waals surface area (Å²) >= 11 is 0. The zero-order chi connectivity index (χ0) is 15.9. The fourth-order valence-electron chi connectivity index (χ4n) is 2.55. The number of benzene rings is 1. The number of allylic oxidation sites excluding steroid dienone is 1. The molecule has 1 fully saturated rings. The SMILES string of the molecule is CCCCC=C(C)C(=O)N1C(=O)OC[C@H]1Cc1ccccc1. The van der Waals surface area contributed by atoms with Gasteiger partial charge in [-0.3, -0.25) is 4.79 Å². The van der Waals surface area contributed by atoms with Crippen molar-refractivity contribution >= 4 is 12.0 Å². The highest BCUT2D eigenvalue weighted by molar-refractivity contribution is 6.03. The van der Waals surface area contributed by atoms with E-state index in [0.717, 1.165) is 24.8 Å². The van der Waals surface area contributed by atoms with Crippen LogP contribution in [0, 0.1) is 0 Å². The second-order valence-corrected chi connectivity index (χ2v) is 5.62. The van der Waals surface area contributed by atoms with Crippen molar-refractivity contribution in [1.29, 1.82) is 0 Å². The predicted molar refractivity (Wildman–Crippen MR) is 85.4 cm³/mol. The van der Waals surface area contributed by atoms with Crippen LogP contribution in [0.3, 0.4) is 0 Å². The van der Waals surface area contributed by atoms with Crippen LogP contribution in [0.15, 0.2) is 42.0 Å². The monoisotopic (exact) mass is 301 g/mol. The number of amides is 2. The van der Waals surface area contributed by atoms with Crippen molar-refractivity contribution < 1.29 is 14.3 Å². The Labute approximate surface area is 131 Å². The molecule has 4 nitrogen and oxygen atoms in total. The van der Waals surface area contributed by atoms with Crippen LogP contribution >= 0.6 is 0 Å². The lowest BCUT2D eigenvalue weighted by atomic mass is 10.0. The molecule has 0 unspecified atom stereocenters. The number of imide groups is 1. The second-order valence-electron chi connectivity index (χ2n) is 5.62. The number of carbonyl (C=O) groups excluding carboxylic acids is 2. The molecule has 0 radical (unpaired) electrons. The van der Waals surface area contributed by atoms with Gasteiger partial charge >= 0.3 is 6.09 Å². The highest BCUT2D eigenvalue weighted by atomic mass is 16.6. The van der Waals surface area contributed by atoms with E-state index in [1.165, 1.54) is 4.90 Å². The van der Waals surface area contributed by atoms with Crippen molar-refractivity contribution in [2.24, 2.45) is 0 Å². The number of unbranched alkanes of at least 4 members (excludes halogenated alkanes) is 2. The zero-order valence-electron chi connectivity index (χ0n) is 13.2. The minimum Gasteiger partial charge on any atom is -0.447 e. The molecule has 1 aliphatic rings. The van der Waals surface area contributed by atoms with Gasteiger partial charge in [-0.05, 0) is 25.3 Å². The van der Waals surface area contributed by atoms with Gasteiger partial charge < -0.3 is 4.74 Å². The summed E-state index contributed by atoms with van der Waals surface area (Å²) in [6, 6.07) is 9.62.